The van der Waals surface area contributed by atoms with Crippen LogP contribution in [-0.2, 0) is 19.4 Å². The number of hydrogen-bond acceptors (Lipinski definition) is 9. The second-order valence-electron chi connectivity index (χ2n) is 14.6. The van der Waals surface area contributed by atoms with Gasteiger partial charge < -0.3 is 36.0 Å². The fourth-order valence-corrected chi connectivity index (χ4v) is 9.27. The lowest BCUT2D eigenvalue weighted by molar-refractivity contribution is -0.0233. The van der Waals surface area contributed by atoms with E-state index in [1.165, 1.54) is 50.3 Å². The van der Waals surface area contributed by atoms with E-state index in [-0.39, 0.29) is 57.5 Å². The Labute approximate surface area is 298 Å². The summed E-state index contributed by atoms with van der Waals surface area (Å²) in [5, 5.41) is 67.7. The fourth-order valence-electron chi connectivity index (χ4n) is 9.27. The minimum atomic E-state index is -0.369. The van der Waals surface area contributed by atoms with E-state index in [1.807, 2.05) is 6.21 Å². The molecular weight excluding hydrogens is 642 g/mol. The van der Waals surface area contributed by atoms with Crippen LogP contribution in [0.25, 0.3) is 22.9 Å². The van der Waals surface area contributed by atoms with Crippen LogP contribution in [0.2, 0.25) is 0 Å². The van der Waals surface area contributed by atoms with Crippen LogP contribution in [-0.4, -0.2) is 62.4 Å². The molecule has 7 N–H and O–H groups in total. The van der Waals surface area contributed by atoms with Crippen molar-refractivity contribution in [2.45, 2.75) is 64.3 Å². The number of nitrogens with one attached hydrogen (secondary N) is 1. The Morgan fingerprint density at radius 1 is 0.765 bits per heavy atom. The summed E-state index contributed by atoms with van der Waals surface area (Å²) in [5.74, 6) is -1.09. The highest BCUT2D eigenvalue weighted by Gasteiger charge is 2.55. The maximum absolute atomic E-state index is 11.2. The van der Waals surface area contributed by atoms with Crippen molar-refractivity contribution in [3.05, 3.63) is 88.5 Å². The molecule has 0 bridgehead atoms. The number of fused-ring (bicyclic) bond motifs is 1. The predicted octanol–water partition coefficient (Wildman–Crippen LogP) is 7.24. The van der Waals surface area contributed by atoms with Crippen LogP contribution in [0.15, 0.2) is 70.6 Å². The Hall–Kier alpha value is -4.86. The number of nitrogens with zero attached hydrogens (tertiary/aromatic N) is 2. The van der Waals surface area contributed by atoms with E-state index in [2.05, 4.69) is 34.6 Å². The van der Waals surface area contributed by atoms with Crippen LogP contribution in [0.3, 0.4) is 0 Å². The Morgan fingerprint density at radius 3 is 2.25 bits per heavy atom. The molecule has 2 fully saturated rings. The van der Waals surface area contributed by atoms with Gasteiger partial charge in [-0.25, -0.2) is 0 Å². The Balaban J connectivity index is 1.08. The quantitative estimate of drug-likeness (QED) is 0.0646. The zero-order valence-corrected chi connectivity index (χ0v) is 28.9. The first-order chi connectivity index (χ1) is 24.7. The number of benzene rings is 4. The molecule has 1 heterocycles. The lowest BCUT2D eigenvalue weighted by atomic mass is 9.52. The average molecular weight is 690 g/mol. The summed E-state index contributed by atoms with van der Waals surface area (Å²) in [7, 11) is 0. The Bertz CT molecular complexity index is 2000. The maximum Gasteiger partial charge on any atom is 0.169 e. The molecule has 2 saturated carbocycles. The molecule has 2 unspecified atom stereocenters. The van der Waals surface area contributed by atoms with Crippen LogP contribution >= 0.6 is 0 Å². The minimum absolute atomic E-state index is 0.142. The van der Waals surface area contributed by atoms with Gasteiger partial charge in [0.15, 0.2) is 23.0 Å². The number of aliphatic hydroxyl groups excluding tert-OH is 1. The number of aliphatic hydroxyl groups is 1. The summed E-state index contributed by atoms with van der Waals surface area (Å²) >= 11 is 0. The lowest BCUT2D eigenvalue weighted by Gasteiger charge is -2.53. The van der Waals surface area contributed by atoms with Gasteiger partial charge in [-0.1, -0.05) is 73.9 Å². The molecule has 0 saturated heterocycles. The third-order valence-corrected chi connectivity index (χ3v) is 11.8. The molecule has 0 aromatic heterocycles. The van der Waals surface area contributed by atoms with E-state index in [9.17, 15) is 30.6 Å². The van der Waals surface area contributed by atoms with Crippen molar-refractivity contribution in [3.63, 3.8) is 0 Å². The molecule has 9 nitrogen and oxygen atoms in total. The number of aromatic hydroxyl groups is 5. The zero-order chi connectivity index (χ0) is 35.6. The smallest absolute Gasteiger partial charge is 0.169 e. The zero-order valence-electron chi connectivity index (χ0n) is 28.9. The Morgan fingerprint density at radius 2 is 1.53 bits per heavy atom. The molecule has 7 rings (SSSR count). The van der Waals surface area contributed by atoms with Crippen LogP contribution in [0.5, 0.6) is 28.7 Å². The van der Waals surface area contributed by atoms with Gasteiger partial charge in [0.05, 0.1) is 11.1 Å². The fraction of sp³-hybridized carbons (Fsp3) is 0.381. The topological polar surface area (TPSA) is 158 Å². The first kappa shape index (κ1) is 34.6. The molecule has 9 heteroatoms. The summed E-state index contributed by atoms with van der Waals surface area (Å²) in [5.41, 5.74) is 5.02. The van der Waals surface area contributed by atoms with E-state index in [0.29, 0.717) is 48.1 Å². The maximum atomic E-state index is 11.2. The summed E-state index contributed by atoms with van der Waals surface area (Å²) < 4.78 is 0. The van der Waals surface area contributed by atoms with E-state index in [0.717, 1.165) is 36.2 Å². The third-order valence-electron chi connectivity index (χ3n) is 11.8. The molecule has 266 valence electrons. The van der Waals surface area contributed by atoms with Crippen LogP contribution < -0.4 is 5.32 Å². The molecule has 0 radical (unpaired) electrons. The molecule has 1 aliphatic heterocycles. The lowest BCUT2D eigenvalue weighted by Crippen LogP contribution is -2.56. The van der Waals surface area contributed by atoms with Gasteiger partial charge in [0.2, 0.25) is 0 Å². The van der Waals surface area contributed by atoms with Crippen molar-refractivity contribution < 1.29 is 30.6 Å². The largest absolute Gasteiger partial charge is 0.507 e. The van der Waals surface area contributed by atoms with Gasteiger partial charge >= 0.3 is 0 Å². The average Bonchev–Trinajstić information content (AvgIpc) is 3.85. The van der Waals surface area contributed by atoms with Crippen LogP contribution in [0, 0.1) is 16.7 Å². The summed E-state index contributed by atoms with van der Waals surface area (Å²) in [6.45, 7) is 2.07. The van der Waals surface area contributed by atoms with Crippen molar-refractivity contribution in [3.8, 4) is 28.7 Å². The highest BCUT2D eigenvalue weighted by molar-refractivity contribution is 6.34. The highest BCUT2D eigenvalue weighted by Crippen LogP contribution is 2.59. The molecule has 1 spiro atoms. The minimum Gasteiger partial charge on any atom is -0.507 e. The van der Waals surface area contributed by atoms with Crippen molar-refractivity contribution in [2.75, 3.05) is 19.8 Å². The van der Waals surface area contributed by atoms with Crippen molar-refractivity contribution in [1.29, 1.82) is 0 Å². The molecule has 51 heavy (non-hydrogen) atoms. The van der Waals surface area contributed by atoms with Gasteiger partial charge in [0.25, 0.3) is 0 Å². The molecule has 2 atom stereocenters. The monoisotopic (exact) mass is 689 g/mol. The predicted molar refractivity (Wildman–Crippen MR) is 202 cm³/mol. The van der Waals surface area contributed by atoms with Crippen molar-refractivity contribution in [1.82, 2.24) is 5.32 Å². The second-order valence-corrected chi connectivity index (χ2v) is 14.6. The number of phenolic OH excluding ortho intramolecular Hbond substituents is 5. The van der Waals surface area contributed by atoms with Gasteiger partial charge in [0, 0.05) is 42.8 Å². The first-order valence-electron chi connectivity index (χ1n) is 18.1. The summed E-state index contributed by atoms with van der Waals surface area (Å²) in [6, 6.07) is 17.8. The van der Waals surface area contributed by atoms with Gasteiger partial charge in [0.1, 0.15) is 12.4 Å². The van der Waals surface area contributed by atoms with E-state index < -0.39 is 0 Å². The second kappa shape index (κ2) is 14.4. The summed E-state index contributed by atoms with van der Waals surface area (Å²) in [4.78, 5) is 9.26. The van der Waals surface area contributed by atoms with Crippen molar-refractivity contribution in [2.24, 2.45) is 26.7 Å². The SMILES string of the molecule is OCC1C2(CCCC2)CCCC1(CNCc1ccc(CCc2c(O)c(O)c3c(O)cccc3c2C=Cc2ccc(O)c(O)c2)cc1)C1=NCN=C1. The third kappa shape index (κ3) is 6.56. The standard InChI is InChI=1S/C42H47N3O6/c46-24-36-41(17-1-2-18-41)19-4-20-42(36,37-23-44-26-45-37)25-43-22-29-9-7-27(8-10-29)11-15-32-30(14-12-28-13-16-33(47)35(49)21-28)31-5-3-6-34(48)38(31)40(51)39(32)50/h3,5-10,12-14,16,21,23,36,43,46-51H,1-2,4,11,15,17-20,22,24-26H2. The molecule has 2 aliphatic carbocycles. The van der Waals surface area contributed by atoms with E-state index in [4.69, 9.17) is 4.99 Å². The highest BCUT2D eigenvalue weighted by atomic mass is 16.3. The van der Waals surface area contributed by atoms with E-state index in [1.54, 1.807) is 30.4 Å². The number of hydrogen-bond donors (Lipinski definition) is 7. The molecule has 0 amide bonds. The van der Waals surface area contributed by atoms with Crippen LogP contribution in [0.4, 0.5) is 0 Å². The van der Waals surface area contributed by atoms with Gasteiger partial charge in [-0.05, 0) is 89.8 Å². The molecule has 4 aromatic carbocycles. The van der Waals surface area contributed by atoms with Gasteiger partial charge in [-0.2, -0.15) is 0 Å². The normalized spacial score (nSPS) is 21.3. The number of phenols is 5. The molecule has 3 aliphatic rings. The number of rotatable bonds is 11. The molecular formula is C42H47N3O6. The van der Waals surface area contributed by atoms with E-state index >= 15 is 0 Å². The number of aliphatic imine (C=N–C) groups is 2. The van der Waals surface area contributed by atoms with Crippen LogP contribution in [0.1, 0.15) is 72.8 Å². The van der Waals surface area contributed by atoms with Gasteiger partial charge in [-0.3, -0.25) is 9.98 Å². The number of aryl methyl sites for hydroxylation is 1. The molecule has 4 aromatic rings. The Kier molecular flexibility index (Phi) is 9.77. The van der Waals surface area contributed by atoms with Crippen molar-refractivity contribution >= 4 is 34.9 Å². The first-order valence-corrected chi connectivity index (χ1v) is 18.1. The summed E-state index contributed by atoms with van der Waals surface area (Å²) in [6.07, 6.45) is 14.7. The van der Waals surface area contributed by atoms with Gasteiger partial charge in [-0.15, -0.1) is 0 Å².